The molecule has 0 aromatic heterocycles. The maximum atomic E-state index is 8.49. The quantitative estimate of drug-likeness (QED) is 0.286. The van der Waals surface area contributed by atoms with E-state index in [-0.39, 0.29) is 35.0 Å². The van der Waals surface area contributed by atoms with Crippen LogP contribution in [0.25, 0.3) is 0 Å². The molecule has 6 heteroatoms. The van der Waals surface area contributed by atoms with Gasteiger partial charge in [-0.15, -0.1) is 7.92 Å². The molecule has 0 unspecified atom stereocenters. The minimum absolute atomic E-state index is 0. The zero-order chi connectivity index (χ0) is 6.28. The second kappa shape index (κ2) is 22.8. The Hall–Kier alpha value is 1.37. The van der Waals surface area contributed by atoms with Crippen LogP contribution in [-0.4, -0.2) is 38.2 Å². The summed E-state index contributed by atoms with van der Waals surface area (Å²) < 4.78 is 0. The van der Waals surface area contributed by atoms with E-state index in [4.69, 9.17) is 10.0 Å². The Morgan fingerprint density at radius 3 is 1.33 bits per heavy atom. The van der Waals surface area contributed by atoms with Crippen molar-refractivity contribution in [2.75, 3.05) is 20.0 Å². The van der Waals surface area contributed by atoms with Gasteiger partial charge in [-0.3, -0.25) is 0 Å². The van der Waals surface area contributed by atoms with Crippen LogP contribution >= 0.6 is 7.92 Å². The normalized spacial score (nSPS) is 5.56. The van der Waals surface area contributed by atoms with Crippen molar-refractivity contribution in [3.8, 4) is 0 Å². The van der Waals surface area contributed by atoms with Crippen molar-refractivity contribution in [1.82, 2.24) is 0 Å². The topological polar surface area (TPSA) is 74.8 Å². The second-order valence-electron chi connectivity index (χ2n) is 1.47. The summed E-state index contributed by atoms with van der Waals surface area (Å²) in [6.07, 6.45) is 0. The van der Waals surface area contributed by atoms with Crippen LogP contribution < -0.4 is 34.6 Å². The molecule has 3 N–H and O–H groups in total. The summed E-state index contributed by atoms with van der Waals surface area (Å²) in [5.74, 6) is 0. The van der Waals surface area contributed by atoms with E-state index in [9.17, 15) is 0 Å². The molecule has 0 aromatic rings. The maximum absolute atomic E-state index is 8.49. The Labute approximate surface area is 80.5 Å². The van der Waals surface area contributed by atoms with Crippen LogP contribution in [0.3, 0.4) is 0 Å². The van der Waals surface area contributed by atoms with Gasteiger partial charge in [-0.1, -0.05) is 0 Å². The van der Waals surface area contributed by atoms with Gasteiger partial charge >= 0.3 is 29.6 Å². The Kier molecular flexibility index (Phi) is 56.7. The first-order valence-corrected chi connectivity index (χ1v) is 4.63. The van der Waals surface area contributed by atoms with Gasteiger partial charge in [0.25, 0.3) is 0 Å². The Morgan fingerprint density at radius 1 is 1.33 bits per heavy atom. The molecule has 0 saturated heterocycles. The fourth-order valence-electron chi connectivity index (χ4n) is 0. The molecule has 0 aliphatic carbocycles. The molecule has 0 atom stereocenters. The first kappa shape index (κ1) is 22.4. The molecule has 3 nitrogen and oxygen atoms in total. The minimum Gasteiger partial charge on any atom is -0.859 e. The third-order valence-corrected chi connectivity index (χ3v) is 0. The van der Waals surface area contributed by atoms with E-state index in [2.05, 4.69) is 20.0 Å². The van der Waals surface area contributed by atoms with Crippen LogP contribution in [0.1, 0.15) is 0 Å². The zero-order valence-electron chi connectivity index (χ0n) is 6.51. The molecule has 0 amide bonds. The van der Waals surface area contributed by atoms with Crippen LogP contribution in [0, 0.1) is 0 Å². The van der Waals surface area contributed by atoms with Gasteiger partial charge in [0.2, 0.25) is 0 Å². The standard InChI is InChI=1S/C3H9P.BH2O2.Na.H2O/c1-4(2)3;2-1-3;;/h1-3H3;1-2H;;1H2/q;-1;+1;. The molecule has 0 spiro atoms. The van der Waals surface area contributed by atoms with Crippen molar-refractivity contribution in [1.29, 1.82) is 0 Å². The fraction of sp³-hybridized carbons (Fsp3) is 1.00. The van der Waals surface area contributed by atoms with E-state index < -0.39 is 7.69 Å². The first-order valence-electron chi connectivity index (χ1n) is 1.95. The third kappa shape index (κ3) is 270. The molecule has 9 heavy (non-hydrogen) atoms. The van der Waals surface area contributed by atoms with E-state index in [1.807, 2.05) is 0 Å². The summed E-state index contributed by atoms with van der Waals surface area (Å²) >= 11 is 0. The molecule has 0 aromatic carbocycles. The Bertz CT molecular complexity index is 30.3. The van der Waals surface area contributed by atoms with Gasteiger partial charge in [0.15, 0.2) is 7.69 Å². The molecule has 0 heterocycles. The van der Waals surface area contributed by atoms with Gasteiger partial charge < -0.3 is 15.5 Å². The fourth-order valence-corrected chi connectivity index (χ4v) is 0. The van der Waals surface area contributed by atoms with Crippen molar-refractivity contribution in [2.24, 2.45) is 0 Å². The van der Waals surface area contributed by atoms with Crippen LogP contribution in [-0.2, 0) is 0 Å². The molecular weight excluding hydrogens is 149 g/mol. The summed E-state index contributed by atoms with van der Waals surface area (Å²) in [6, 6.07) is 0. The molecular formula is C3H13BNaO3P. The molecule has 0 saturated carbocycles. The van der Waals surface area contributed by atoms with Gasteiger partial charge in [0.05, 0.1) is 0 Å². The van der Waals surface area contributed by atoms with Gasteiger partial charge in [-0.05, 0) is 20.0 Å². The van der Waals surface area contributed by atoms with Gasteiger partial charge in [-0.25, -0.2) is 0 Å². The van der Waals surface area contributed by atoms with E-state index in [1.54, 1.807) is 0 Å². The summed E-state index contributed by atoms with van der Waals surface area (Å²) in [4.78, 5) is 0. The largest absolute Gasteiger partial charge is 1.00 e. The molecule has 0 aliphatic rings. The molecule has 0 rings (SSSR count). The van der Waals surface area contributed by atoms with Crippen molar-refractivity contribution < 1.29 is 45.1 Å². The molecule has 0 aliphatic heterocycles. The Morgan fingerprint density at radius 2 is 1.33 bits per heavy atom. The van der Waals surface area contributed by atoms with Crippen molar-refractivity contribution in [3.05, 3.63) is 0 Å². The number of rotatable bonds is 0. The Balaban J connectivity index is -0.0000000233. The predicted octanol–water partition coefficient (Wildman–Crippen LogP) is -4.86. The molecule has 0 radical (unpaired) electrons. The average molecular weight is 162 g/mol. The summed E-state index contributed by atoms with van der Waals surface area (Å²) in [7, 11) is -0.620. The zero-order valence-corrected chi connectivity index (χ0v) is 9.40. The van der Waals surface area contributed by atoms with Crippen molar-refractivity contribution in [3.63, 3.8) is 0 Å². The van der Waals surface area contributed by atoms with Crippen LogP contribution in [0.5, 0.6) is 0 Å². The first-order chi connectivity index (χ1) is 3.15. The minimum atomic E-state index is -1.00. The van der Waals surface area contributed by atoms with E-state index in [1.165, 1.54) is 0 Å². The van der Waals surface area contributed by atoms with E-state index in [0.29, 0.717) is 7.92 Å². The van der Waals surface area contributed by atoms with Gasteiger partial charge in [0.1, 0.15) is 0 Å². The van der Waals surface area contributed by atoms with Crippen LogP contribution in [0.4, 0.5) is 0 Å². The molecule has 52 valence electrons. The van der Waals surface area contributed by atoms with Crippen LogP contribution in [0.2, 0.25) is 0 Å². The SMILES string of the molecule is CP(C)C.O.[Na+].[O-]BO. The summed E-state index contributed by atoms with van der Waals surface area (Å²) in [5.41, 5.74) is 0. The third-order valence-electron chi connectivity index (χ3n) is 0. The second-order valence-corrected chi connectivity index (χ2v) is 4.15. The molecule has 0 bridgehead atoms. The van der Waals surface area contributed by atoms with E-state index >= 15 is 0 Å². The summed E-state index contributed by atoms with van der Waals surface area (Å²) in [5, 5.41) is 15.5. The van der Waals surface area contributed by atoms with Crippen molar-refractivity contribution >= 4 is 15.6 Å². The molecule has 0 fully saturated rings. The van der Waals surface area contributed by atoms with Crippen LogP contribution in [0.15, 0.2) is 0 Å². The average Bonchev–Trinajstić information content (AvgIpc) is 1.33. The number of hydrogen-bond acceptors (Lipinski definition) is 2. The van der Waals surface area contributed by atoms with E-state index in [0.717, 1.165) is 0 Å². The summed E-state index contributed by atoms with van der Waals surface area (Å²) in [6.45, 7) is 6.69. The van der Waals surface area contributed by atoms with Gasteiger partial charge in [-0.2, -0.15) is 0 Å². The maximum Gasteiger partial charge on any atom is 1.00 e. The van der Waals surface area contributed by atoms with Gasteiger partial charge in [0, 0.05) is 0 Å². The van der Waals surface area contributed by atoms with Crippen molar-refractivity contribution in [2.45, 2.75) is 0 Å². The number of hydrogen-bond donors (Lipinski definition) is 1. The smallest absolute Gasteiger partial charge is 0.859 e. The predicted molar refractivity (Wildman–Crippen MR) is 37.7 cm³/mol. The monoisotopic (exact) mass is 162 g/mol.